The van der Waals surface area contributed by atoms with Crippen LogP contribution >= 0.6 is 0 Å². The topological polar surface area (TPSA) is 38.8 Å². The van der Waals surface area contributed by atoms with Crippen molar-refractivity contribution in [2.75, 3.05) is 39.3 Å². The number of piperazine rings is 1. The van der Waals surface area contributed by atoms with Gasteiger partial charge in [0.15, 0.2) is 0 Å². The van der Waals surface area contributed by atoms with Crippen LogP contribution in [0.3, 0.4) is 0 Å². The van der Waals surface area contributed by atoms with Crippen molar-refractivity contribution in [1.29, 1.82) is 0 Å². The number of carbonyl (C=O) groups is 1. The molecule has 0 saturated carbocycles. The lowest BCUT2D eigenvalue weighted by molar-refractivity contribution is -0.130. The molecule has 0 aromatic heterocycles. The Hall–Kier alpha value is -1.43. The van der Waals surface area contributed by atoms with Crippen molar-refractivity contribution < 1.29 is 4.79 Å². The minimum Gasteiger partial charge on any atom is -0.340 e. The molecule has 1 aromatic carbocycles. The molecule has 0 aliphatic carbocycles. The van der Waals surface area contributed by atoms with Crippen LogP contribution in [0.1, 0.15) is 38.2 Å². The highest BCUT2D eigenvalue weighted by Gasteiger charge is 2.40. The molecule has 0 radical (unpaired) electrons. The van der Waals surface area contributed by atoms with Crippen molar-refractivity contribution in [3.8, 4) is 0 Å². The fourth-order valence-electron chi connectivity index (χ4n) is 5.21. The number of hydrogen-bond donors (Lipinski definition) is 1. The molecule has 1 N–H and O–H groups in total. The molecule has 1 aromatic rings. The van der Waals surface area contributed by atoms with Gasteiger partial charge in [-0.15, -0.1) is 0 Å². The first-order valence-corrected chi connectivity index (χ1v) is 10.7. The number of piperidine rings is 1. The average Bonchev–Trinajstić information content (AvgIpc) is 2.93. The Balaban J connectivity index is 1.21. The zero-order valence-electron chi connectivity index (χ0n) is 16.6. The maximum Gasteiger partial charge on any atom is 0.219 e. The zero-order chi connectivity index (χ0) is 18.6. The molecular weight excluding hydrogens is 336 g/mol. The van der Waals surface area contributed by atoms with E-state index in [1.807, 2.05) is 4.90 Å². The van der Waals surface area contributed by atoms with Crippen LogP contribution in [0, 0.1) is 0 Å². The van der Waals surface area contributed by atoms with Gasteiger partial charge in [-0.25, -0.2) is 0 Å². The standard InChI is InChI=1S/C22H34N4O/c1-18(27)25-12-9-24(10-13-25)11-14-26-21-7-8-22(26)16-20(15-21)23-17-19-5-3-2-4-6-19/h2-6,20-23H,7-17H2,1H3/t20-,21+,22-. The fourth-order valence-corrected chi connectivity index (χ4v) is 5.21. The van der Waals surface area contributed by atoms with Crippen molar-refractivity contribution in [2.45, 2.75) is 57.3 Å². The quantitative estimate of drug-likeness (QED) is 0.831. The molecule has 3 fully saturated rings. The smallest absolute Gasteiger partial charge is 0.219 e. The summed E-state index contributed by atoms with van der Waals surface area (Å²) in [6.45, 7) is 8.88. The first kappa shape index (κ1) is 18.9. The van der Waals surface area contributed by atoms with E-state index in [1.165, 1.54) is 37.8 Å². The molecule has 0 unspecified atom stereocenters. The van der Waals surface area contributed by atoms with Crippen molar-refractivity contribution in [2.24, 2.45) is 0 Å². The molecule has 3 aliphatic rings. The van der Waals surface area contributed by atoms with Gasteiger partial charge in [-0.1, -0.05) is 30.3 Å². The highest BCUT2D eigenvalue weighted by molar-refractivity contribution is 5.73. The Morgan fingerprint density at radius 3 is 2.30 bits per heavy atom. The monoisotopic (exact) mass is 370 g/mol. The summed E-state index contributed by atoms with van der Waals surface area (Å²) in [6.07, 6.45) is 5.32. The number of nitrogens with zero attached hydrogens (tertiary/aromatic N) is 3. The van der Waals surface area contributed by atoms with E-state index in [4.69, 9.17) is 0 Å². The maximum atomic E-state index is 11.5. The van der Waals surface area contributed by atoms with E-state index in [0.717, 1.165) is 51.4 Å². The zero-order valence-corrected chi connectivity index (χ0v) is 16.6. The van der Waals surface area contributed by atoms with Crippen molar-refractivity contribution in [3.63, 3.8) is 0 Å². The number of rotatable bonds is 6. The van der Waals surface area contributed by atoms with E-state index < -0.39 is 0 Å². The molecule has 3 saturated heterocycles. The minimum absolute atomic E-state index is 0.220. The molecule has 5 heteroatoms. The largest absolute Gasteiger partial charge is 0.340 e. The molecule has 1 amide bonds. The molecule has 4 rings (SSSR count). The van der Waals surface area contributed by atoms with Crippen LogP contribution in [-0.4, -0.2) is 78.0 Å². The van der Waals surface area contributed by atoms with Gasteiger partial charge in [-0.2, -0.15) is 0 Å². The molecule has 3 heterocycles. The van der Waals surface area contributed by atoms with Crippen LogP contribution in [0.2, 0.25) is 0 Å². The number of nitrogens with one attached hydrogen (secondary N) is 1. The Kier molecular flexibility index (Phi) is 6.11. The number of fused-ring (bicyclic) bond motifs is 2. The van der Waals surface area contributed by atoms with Gasteiger partial charge in [0.25, 0.3) is 0 Å². The average molecular weight is 371 g/mol. The summed E-state index contributed by atoms with van der Waals surface area (Å²) >= 11 is 0. The van der Waals surface area contributed by atoms with Crippen molar-refractivity contribution in [3.05, 3.63) is 35.9 Å². The van der Waals surface area contributed by atoms with Crippen LogP contribution in [0.15, 0.2) is 30.3 Å². The van der Waals surface area contributed by atoms with E-state index in [0.29, 0.717) is 6.04 Å². The van der Waals surface area contributed by atoms with Gasteiger partial charge in [0, 0.05) is 70.9 Å². The van der Waals surface area contributed by atoms with Gasteiger partial charge in [0.2, 0.25) is 5.91 Å². The summed E-state index contributed by atoms with van der Waals surface area (Å²) in [5, 5.41) is 3.81. The molecule has 5 nitrogen and oxygen atoms in total. The number of carbonyl (C=O) groups excluding carboxylic acids is 1. The Morgan fingerprint density at radius 2 is 1.67 bits per heavy atom. The summed E-state index contributed by atoms with van der Waals surface area (Å²) in [6, 6.07) is 12.9. The van der Waals surface area contributed by atoms with Gasteiger partial charge in [-0.05, 0) is 31.2 Å². The summed E-state index contributed by atoms with van der Waals surface area (Å²) in [5.41, 5.74) is 1.39. The van der Waals surface area contributed by atoms with E-state index in [1.54, 1.807) is 6.92 Å². The van der Waals surface area contributed by atoms with E-state index in [-0.39, 0.29) is 5.91 Å². The first-order valence-electron chi connectivity index (χ1n) is 10.7. The number of hydrogen-bond acceptors (Lipinski definition) is 4. The third-order valence-electron chi connectivity index (χ3n) is 6.81. The molecule has 27 heavy (non-hydrogen) atoms. The number of benzene rings is 1. The first-order chi connectivity index (χ1) is 13.2. The van der Waals surface area contributed by atoms with Gasteiger partial charge < -0.3 is 10.2 Å². The normalized spacial score (nSPS) is 29.2. The van der Waals surface area contributed by atoms with E-state index in [9.17, 15) is 4.79 Å². The van der Waals surface area contributed by atoms with Gasteiger partial charge >= 0.3 is 0 Å². The summed E-state index contributed by atoms with van der Waals surface area (Å²) in [7, 11) is 0. The predicted octanol–water partition coefficient (Wildman–Crippen LogP) is 1.94. The highest BCUT2D eigenvalue weighted by Crippen LogP contribution is 2.35. The Morgan fingerprint density at radius 1 is 1.00 bits per heavy atom. The van der Waals surface area contributed by atoms with E-state index >= 15 is 0 Å². The lowest BCUT2D eigenvalue weighted by atomic mass is 9.97. The predicted molar refractivity (Wildman–Crippen MR) is 109 cm³/mol. The molecule has 148 valence electrons. The summed E-state index contributed by atoms with van der Waals surface area (Å²) < 4.78 is 0. The van der Waals surface area contributed by atoms with Gasteiger partial charge in [0.1, 0.15) is 0 Å². The highest BCUT2D eigenvalue weighted by atomic mass is 16.2. The molecule has 3 aliphatic heterocycles. The summed E-state index contributed by atoms with van der Waals surface area (Å²) in [5.74, 6) is 0.220. The lowest BCUT2D eigenvalue weighted by Gasteiger charge is -2.41. The van der Waals surface area contributed by atoms with Crippen LogP contribution < -0.4 is 5.32 Å². The van der Waals surface area contributed by atoms with Crippen LogP contribution in [-0.2, 0) is 11.3 Å². The van der Waals surface area contributed by atoms with Crippen LogP contribution in [0.25, 0.3) is 0 Å². The minimum atomic E-state index is 0.220. The SMILES string of the molecule is CC(=O)N1CCN(CCN2[C@@H]3CC[C@H]2C[C@@H](NCc2ccccc2)C3)CC1. The second-order valence-corrected chi connectivity index (χ2v) is 8.51. The van der Waals surface area contributed by atoms with Crippen molar-refractivity contribution >= 4 is 5.91 Å². The fraction of sp³-hybridized carbons (Fsp3) is 0.682. The maximum absolute atomic E-state index is 11.5. The Bertz CT molecular complexity index is 600. The van der Waals surface area contributed by atoms with Crippen LogP contribution in [0.4, 0.5) is 0 Å². The lowest BCUT2D eigenvalue weighted by Crippen LogP contribution is -2.53. The van der Waals surface area contributed by atoms with E-state index in [2.05, 4.69) is 45.4 Å². The molecular formula is C22H34N4O. The second kappa shape index (κ2) is 8.72. The molecule has 0 spiro atoms. The molecule has 2 bridgehead atoms. The van der Waals surface area contributed by atoms with Crippen molar-refractivity contribution in [1.82, 2.24) is 20.0 Å². The molecule has 3 atom stereocenters. The number of amides is 1. The third kappa shape index (κ3) is 4.71. The Labute approximate surface area is 163 Å². The van der Waals surface area contributed by atoms with Gasteiger partial charge in [-0.3, -0.25) is 14.6 Å². The van der Waals surface area contributed by atoms with Gasteiger partial charge in [0.05, 0.1) is 0 Å². The summed E-state index contributed by atoms with van der Waals surface area (Å²) in [4.78, 5) is 18.8. The second-order valence-electron chi connectivity index (χ2n) is 8.51. The van der Waals surface area contributed by atoms with Crippen LogP contribution in [0.5, 0.6) is 0 Å². The third-order valence-corrected chi connectivity index (χ3v) is 6.81.